The van der Waals surface area contributed by atoms with Crippen LogP contribution in [-0.2, 0) is 9.59 Å². The normalized spacial score (nSPS) is 19.3. The lowest BCUT2D eigenvalue weighted by molar-refractivity contribution is -0.523. The average molecular weight is 242 g/mol. The average Bonchev–Trinajstić information content (AvgIpc) is 2.44. The summed E-state index contributed by atoms with van der Waals surface area (Å²) in [5.74, 6) is -1.43. The molecule has 0 radical (unpaired) electrons. The molecule has 0 aromatic carbocycles. The molecule has 1 N–H and O–H groups in total. The summed E-state index contributed by atoms with van der Waals surface area (Å²) in [5.41, 5.74) is 0. The minimum atomic E-state index is -1.51. The van der Waals surface area contributed by atoms with Gasteiger partial charge < -0.3 is 15.0 Å². The highest BCUT2D eigenvalue weighted by Crippen LogP contribution is 2.02. The zero-order valence-electron chi connectivity index (χ0n) is 10.5. The number of carbonyl (C=O) groups excluding carboxylic acids is 1. The molecule has 0 bridgehead atoms. The number of aliphatic carboxylic acids is 2. The second-order valence-corrected chi connectivity index (χ2v) is 3.88. The van der Waals surface area contributed by atoms with E-state index in [2.05, 4.69) is 37.4 Å². The molecule has 0 saturated carbocycles. The predicted molar refractivity (Wildman–Crippen MR) is 60.7 cm³/mol. The largest absolute Gasteiger partial charge is 0.545 e. The van der Waals surface area contributed by atoms with Gasteiger partial charge in [-0.3, -0.25) is 9.48 Å². The molecule has 1 aliphatic rings. The van der Waals surface area contributed by atoms with Crippen molar-refractivity contribution in [1.82, 2.24) is 4.90 Å². The van der Waals surface area contributed by atoms with Gasteiger partial charge in [-0.1, -0.05) is 0 Å². The van der Waals surface area contributed by atoms with Crippen molar-refractivity contribution in [3.8, 4) is 0 Å². The fourth-order valence-corrected chi connectivity index (χ4v) is 1.38. The number of hydrogen-bond acceptors (Lipinski definition) is 4. The molecular weight excluding hydrogens is 224 g/mol. The van der Waals surface area contributed by atoms with Crippen LogP contribution >= 0.6 is 0 Å². The Labute approximate surface area is 100 Å². The SMILES string of the molecule is CC1=[N+](C)C(C)CN1C.O=C([O-])C=CC(=O)O. The van der Waals surface area contributed by atoms with E-state index in [9.17, 15) is 14.7 Å². The topological polar surface area (TPSA) is 83.7 Å². The van der Waals surface area contributed by atoms with Crippen molar-refractivity contribution in [1.29, 1.82) is 0 Å². The maximum absolute atomic E-state index is 9.53. The lowest BCUT2D eigenvalue weighted by atomic mass is 10.3. The lowest BCUT2D eigenvalue weighted by Gasteiger charge is -1.99. The first-order valence-electron chi connectivity index (χ1n) is 5.15. The van der Waals surface area contributed by atoms with Gasteiger partial charge in [0, 0.05) is 13.0 Å². The predicted octanol–water partition coefficient (Wildman–Crippen LogP) is -1.24. The summed E-state index contributed by atoms with van der Waals surface area (Å²) in [6.45, 7) is 5.57. The monoisotopic (exact) mass is 242 g/mol. The first-order valence-corrected chi connectivity index (χ1v) is 5.15. The van der Waals surface area contributed by atoms with Crippen molar-refractivity contribution in [2.24, 2.45) is 0 Å². The Hall–Kier alpha value is -1.85. The minimum absolute atomic E-state index is 0.447. The van der Waals surface area contributed by atoms with Crippen LogP contribution in [0.4, 0.5) is 0 Å². The van der Waals surface area contributed by atoms with Crippen molar-refractivity contribution in [2.45, 2.75) is 19.9 Å². The van der Waals surface area contributed by atoms with E-state index in [1.165, 1.54) is 12.4 Å². The summed E-state index contributed by atoms with van der Waals surface area (Å²) in [6, 6.07) is 0.690. The van der Waals surface area contributed by atoms with Gasteiger partial charge in [-0.15, -0.1) is 0 Å². The van der Waals surface area contributed by atoms with Crippen LogP contribution in [0, 0.1) is 0 Å². The Morgan fingerprint density at radius 2 is 2.06 bits per heavy atom. The van der Waals surface area contributed by atoms with Crippen LogP contribution in [0.1, 0.15) is 13.8 Å². The number of amidine groups is 1. The number of hydrogen-bond donors (Lipinski definition) is 1. The summed E-state index contributed by atoms with van der Waals surface area (Å²) in [4.78, 5) is 21.3. The molecule has 1 aliphatic heterocycles. The third-order valence-electron chi connectivity index (χ3n) is 2.62. The third kappa shape index (κ3) is 5.70. The highest BCUT2D eigenvalue weighted by molar-refractivity contribution is 5.88. The van der Waals surface area contributed by atoms with E-state index < -0.39 is 11.9 Å². The van der Waals surface area contributed by atoms with Gasteiger partial charge in [-0.2, -0.15) is 0 Å². The Morgan fingerprint density at radius 3 is 2.18 bits per heavy atom. The Kier molecular flexibility index (Phi) is 5.95. The van der Waals surface area contributed by atoms with Gasteiger partial charge in [-0.05, 0) is 13.0 Å². The number of rotatable bonds is 2. The van der Waals surface area contributed by atoms with E-state index in [0.29, 0.717) is 18.2 Å². The Bertz CT molecular complexity index is 328. The van der Waals surface area contributed by atoms with Crippen molar-refractivity contribution in [3.05, 3.63) is 12.2 Å². The molecule has 0 aromatic rings. The van der Waals surface area contributed by atoms with Crippen LogP contribution in [0.15, 0.2) is 12.2 Å². The molecular formula is C11H18N2O4. The maximum atomic E-state index is 9.53. The van der Waals surface area contributed by atoms with Crippen molar-refractivity contribution >= 4 is 17.8 Å². The highest BCUT2D eigenvalue weighted by Gasteiger charge is 2.26. The molecule has 0 amide bonds. The molecule has 6 nitrogen and oxygen atoms in total. The van der Waals surface area contributed by atoms with Crippen molar-refractivity contribution < 1.29 is 24.4 Å². The van der Waals surface area contributed by atoms with Gasteiger partial charge >= 0.3 is 5.97 Å². The van der Waals surface area contributed by atoms with Crippen LogP contribution < -0.4 is 5.11 Å². The fraction of sp³-hybridized carbons (Fsp3) is 0.545. The molecule has 0 saturated heterocycles. The molecule has 1 unspecified atom stereocenters. The van der Waals surface area contributed by atoms with E-state index in [0.717, 1.165) is 0 Å². The fourth-order valence-electron chi connectivity index (χ4n) is 1.38. The number of carboxylic acid groups (broad SMARTS) is 2. The standard InChI is InChI=1S/C7H15N2.C4H4O4/c1-6-5-8(3)7(2)9(6)4;5-3(6)1-2-4(7)8/h6H,5H2,1-4H3;1-2H,(H,5,6)(H,7,8)/q+1;/p-1. The number of likely N-dealkylation sites (N-methyl/N-ethyl adjacent to an activating group) is 2. The summed E-state index contributed by atoms with van der Waals surface area (Å²) in [6.07, 6.45) is 0.942. The van der Waals surface area contributed by atoms with Gasteiger partial charge in [0.25, 0.3) is 0 Å². The van der Waals surface area contributed by atoms with Crippen molar-refractivity contribution in [2.75, 3.05) is 20.6 Å². The summed E-state index contributed by atoms with van der Waals surface area (Å²) < 4.78 is 2.31. The van der Waals surface area contributed by atoms with Crippen LogP contribution in [0.25, 0.3) is 0 Å². The number of nitrogens with zero attached hydrogens (tertiary/aromatic N) is 2. The summed E-state index contributed by atoms with van der Waals surface area (Å²) >= 11 is 0. The first-order chi connectivity index (χ1) is 7.75. The van der Waals surface area contributed by atoms with Gasteiger partial charge in [0.1, 0.15) is 12.6 Å². The molecule has 0 aliphatic carbocycles. The summed E-state index contributed by atoms with van der Waals surface area (Å²) in [5, 5.41) is 17.2. The van der Waals surface area contributed by atoms with E-state index in [1.54, 1.807) is 0 Å². The Balaban J connectivity index is 0.000000304. The molecule has 96 valence electrons. The smallest absolute Gasteiger partial charge is 0.328 e. The van der Waals surface area contributed by atoms with Crippen LogP contribution in [0.5, 0.6) is 0 Å². The maximum Gasteiger partial charge on any atom is 0.328 e. The molecule has 1 rings (SSSR count). The van der Waals surface area contributed by atoms with E-state index >= 15 is 0 Å². The van der Waals surface area contributed by atoms with E-state index in [4.69, 9.17) is 5.11 Å². The third-order valence-corrected chi connectivity index (χ3v) is 2.62. The molecule has 1 heterocycles. The molecule has 0 fully saturated rings. The van der Waals surface area contributed by atoms with Crippen molar-refractivity contribution in [3.63, 3.8) is 0 Å². The van der Waals surface area contributed by atoms with E-state index in [1.807, 2.05) is 0 Å². The summed E-state index contributed by atoms with van der Waals surface area (Å²) in [7, 11) is 4.28. The van der Waals surface area contributed by atoms with E-state index in [-0.39, 0.29) is 0 Å². The quantitative estimate of drug-likeness (QED) is 0.483. The number of carboxylic acids is 2. The highest BCUT2D eigenvalue weighted by atomic mass is 16.4. The first kappa shape index (κ1) is 15.2. The molecule has 17 heavy (non-hydrogen) atoms. The van der Waals surface area contributed by atoms with Gasteiger partial charge in [0.05, 0.1) is 20.1 Å². The zero-order valence-corrected chi connectivity index (χ0v) is 10.5. The second kappa shape index (κ2) is 6.67. The number of carbonyl (C=O) groups is 2. The zero-order chi connectivity index (χ0) is 13.6. The molecule has 1 atom stereocenters. The molecule has 0 aromatic heterocycles. The second-order valence-electron chi connectivity index (χ2n) is 3.88. The minimum Gasteiger partial charge on any atom is -0.545 e. The van der Waals surface area contributed by atoms with Crippen LogP contribution in [0.3, 0.4) is 0 Å². The Morgan fingerprint density at radius 1 is 1.53 bits per heavy atom. The van der Waals surface area contributed by atoms with Gasteiger partial charge in [0.2, 0.25) is 5.84 Å². The lowest BCUT2D eigenvalue weighted by Crippen LogP contribution is -2.21. The van der Waals surface area contributed by atoms with Gasteiger partial charge in [-0.25, -0.2) is 4.79 Å². The molecule has 0 spiro atoms. The van der Waals surface area contributed by atoms with Crippen LogP contribution in [0.2, 0.25) is 0 Å². The molecule has 6 heteroatoms. The van der Waals surface area contributed by atoms with Crippen LogP contribution in [-0.4, -0.2) is 59.0 Å². The van der Waals surface area contributed by atoms with Gasteiger partial charge in [0.15, 0.2) is 0 Å².